The number of aryl methyl sites for hydroxylation is 1. The summed E-state index contributed by atoms with van der Waals surface area (Å²) < 4.78 is 36.9. The Labute approximate surface area is 92.3 Å². The molecular weight excluding hydrogens is 247 g/mol. The molecule has 0 aliphatic rings. The van der Waals surface area contributed by atoms with E-state index in [1.165, 1.54) is 17.4 Å². The van der Waals surface area contributed by atoms with Gasteiger partial charge in [0.25, 0.3) is 0 Å². The number of hydrogen-bond donors (Lipinski definition) is 0. The minimum absolute atomic E-state index is 0.339. The number of thioether (sulfide) groups is 1. The Morgan fingerprint density at radius 1 is 1.53 bits per heavy atom. The van der Waals surface area contributed by atoms with Gasteiger partial charge in [0.1, 0.15) is 5.01 Å². The van der Waals surface area contributed by atoms with Crippen molar-refractivity contribution in [1.29, 1.82) is 5.26 Å². The Hall–Kier alpha value is -0.810. The van der Waals surface area contributed by atoms with Gasteiger partial charge in [-0.1, -0.05) is 23.1 Å². The van der Waals surface area contributed by atoms with Crippen molar-refractivity contribution < 1.29 is 13.2 Å². The van der Waals surface area contributed by atoms with Crippen molar-refractivity contribution in [2.45, 2.75) is 17.4 Å². The van der Waals surface area contributed by atoms with Gasteiger partial charge < -0.3 is 0 Å². The molecule has 0 aliphatic carbocycles. The second-order valence-electron chi connectivity index (χ2n) is 2.62. The third kappa shape index (κ3) is 3.68. The number of nitriles is 1. The fourth-order valence-electron chi connectivity index (χ4n) is 0.696. The van der Waals surface area contributed by atoms with Crippen molar-refractivity contribution in [2.24, 2.45) is 5.92 Å². The van der Waals surface area contributed by atoms with Crippen molar-refractivity contribution in [3.8, 4) is 6.07 Å². The summed E-state index contributed by atoms with van der Waals surface area (Å²) in [5.41, 5.74) is 0. The van der Waals surface area contributed by atoms with E-state index in [-0.39, 0.29) is 5.75 Å². The maximum atomic E-state index is 12.2. The Kier molecular flexibility index (Phi) is 3.93. The van der Waals surface area contributed by atoms with Crippen LogP contribution in [0.2, 0.25) is 0 Å². The number of nitrogens with zero attached hydrogens (tertiary/aromatic N) is 3. The molecule has 1 unspecified atom stereocenters. The van der Waals surface area contributed by atoms with E-state index in [1.54, 1.807) is 6.92 Å². The van der Waals surface area contributed by atoms with Crippen molar-refractivity contribution >= 4 is 23.1 Å². The normalized spacial score (nSPS) is 13.5. The average molecular weight is 253 g/mol. The second kappa shape index (κ2) is 4.81. The van der Waals surface area contributed by atoms with E-state index in [2.05, 4.69) is 10.2 Å². The third-order valence-electron chi connectivity index (χ3n) is 1.43. The molecule has 0 radical (unpaired) electrons. The van der Waals surface area contributed by atoms with E-state index in [9.17, 15) is 13.2 Å². The molecule has 82 valence electrons. The smallest absolute Gasteiger partial charge is 0.198 e. The highest BCUT2D eigenvalue weighted by Crippen LogP contribution is 2.32. The van der Waals surface area contributed by atoms with Gasteiger partial charge in [-0.2, -0.15) is 18.4 Å². The molecule has 0 aliphatic heterocycles. The first kappa shape index (κ1) is 12.3. The fourth-order valence-corrected chi connectivity index (χ4v) is 2.59. The van der Waals surface area contributed by atoms with Crippen LogP contribution in [0.15, 0.2) is 4.34 Å². The summed E-state index contributed by atoms with van der Waals surface area (Å²) in [7, 11) is 0. The lowest BCUT2D eigenvalue weighted by Crippen LogP contribution is -2.23. The number of alkyl halides is 3. The van der Waals surface area contributed by atoms with Gasteiger partial charge in [0.05, 0.1) is 6.07 Å². The molecule has 1 heterocycles. The summed E-state index contributed by atoms with van der Waals surface area (Å²) in [6.45, 7) is 1.72. The monoisotopic (exact) mass is 253 g/mol. The number of hydrogen-bond acceptors (Lipinski definition) is 5. The van der Waals surface area contributed by atoms with E-state index in [4.69, 9.17) is 5.26 Å². The fraction of sp³-hybridized carbons (Fsp3) is 0.571. The Morgan fingerprint density at radius 3 is 2.60 bits per heavy atom. The molecule has 0 saturated heterocycles. The molecule has 0 amide bonds. The predicted octanol–water partition coefficient (Wildman–Crippen LogP) is 2.64. The van der Waals surface area contributed by atoms with Crippen LogP contribution in [0, 0.1) is 24.2 Å². The largest absolute Gasteiger partial charge is 0.405 e. The second-order valence-corrected chi connectivity index (χ2v) is 5.07. The highest BCUT2D eigenvalue weighted by Gasteiger charge is 2.39. The summed E-state index contributed by atoms with van der Waals surface area (Å²) in [5, 5.41) is 16.3. The van der Waals surface area contributed by atoms with Gasteiger partial charge in [-0.05, 0) is 6.92 Å². The van der Waals surface area contributed by atoms with Crippen LogP contribution >= 0.6 is 23.1 Å². The molecule has 1 aromatic rings. The van der Waals surface area contributed by atoms with Crippen LogP contribution in [0.3, 0.4) is 0 Å². The summed E-state index contributed by atoms with van der Waals surface area (Å²) in [6.07, 6.45) is -4.47. The lowest BCUT2D eigenvalue weighted by molar-refractivity contribution is -0.152. The van der Waals surface area contributed by atoms with Crippen LogP contribution in [0.25, 0.3) is 0 Å². The molecule has 1 atom stereocenters. The van der Waals surface area contributed by atoms with Crippen molar-refractivity contribution in [3.63, 3.8) is 0 Å². The van der Waals surface area contributed by atoms with Crippen molar-refractivity contribution in [1.82, 2.24) is 10.2 Å². The van der Waals surface area contributed by atoms with E-state index in [0.29, 0.717) is 9.35 Å². The van der Waals surface area contributed by atoms with Gasteiger partial charge in [0.2, 0.25) is 0 Å². The van der Waals surface area contributed by atoms with Crippen LogP contribution < -0.4 is 0 Å². The Morgan fingerprint density at radius 2 is 2.20 bits per heavy atom. The molecule has 3 nitrogen and oxygen atoms in total. The predicted molar refractivity (Wildman–Crippen MR) is 50.5 cm³/mol. The zero-order valence-corrected chi connectivity index (χ0v) is 9.21. The molecule has 0 fully saturated rings. The van der Waals surface area contributed by atoms with E-state index < -0.39 is 12.1 Å². The first-order valence-corrected chi connectivity index (χ1v) is 5.63. The van der Waals surface area contributed by atoms with E-state index >= 15 is 0 Å². The summed E-state index contributed by atoms with van der Waals surface area (Å²) in [5.74, 6) is -2.29. The number of rotatable bonds is 3. The van der Waals surface area contributed by atoms with Gasteiger partial charge in [0, 0.05) is 5.75 Å². The molecule has 0 spiro atoms. The van der Waals surface area contributed by atoms with Gasteiger partial charge in [-0.15, -0.1) is 10.2 Å². The van der Waals surface area contributed by atoms with Gasteiger partial charge >= 0.3 is 6.18 Å². The van der Waals surface area contributed by atoms with Crippen LogP contribution in [-0.4, -0.2) is 22.1 Å². The topological polar surface area (TPSA) is 49.6 Å². The lowest BCUT2D eigenvalue weighted by Gasteiger charge is -2.10. The van der Waals surface area contributed by atoms with Crippen LogP contribution in [0.1, 0.15) is 5.01 Å². The molecular formula is C7H6F3N3S2. The SMILES string of the molecule is Cc1nnc(SCC(C#N)C(F)(F)F)s1. The molecule has 8 heteroatoms. The average Bonchev–Trinajstić information content (AvgIpc) is 2.50. The minimum Gasteiger partial charge on any atom is -0.198 e. The first-order chi connectivity index (χ1) is 6.93. The summed E-state index contributed by atoms with van der Waals surface area (Å²) in [4.78, 5) is 0. The van der Waals surface area contributed by atoms with E-state index in [0.717, 1.165) is 11.8 Å². The zero-order valence-electron chi connectivity index (χ0n) is 7.58. The highest BCUT2D eigenvalue weighted by atomic mass is 32.2. The standard InChI is InChI=1S/C7H6F3N3S2/c1-4-12-13-6(15-4)14-3-5(2-11)7(8,9)10/h5H,3H2,1H3. The molecule has 15 heavy (non-hydrogen) atoms. The van der Waals surface area contributed by atoms with Gasteiger partial charge in [0.15, 0.2) is 10.3 Å². The number of halogens is 3. The van der Waals surface area contributed by atoms with Gasteiger partial charge in [-0.25, -0.2) is 0 Å². The molecule has 0 aromatic carbocycles. The molecule has 0 N–H and O–H groups in total. The van der Waals surface area contributed by atoms with E-state index in [1.807, 2.05) is 0 Å². The summed E-state index contributed by atoms with van der Waals surface area (Å²) in [6, 6.07) is 1.23. The molecule has 1 aromatic heterocycles. The van der Waals surface area contributed by atoms with Gasteiger partial charge in [-0.3, -0.25) is 0 Å². The van der Waals surface area contributed by atoms with Crippen LogP contribution in [0.4, 0.5) is 13.2 Å². The van der Waals surface area contributed by atoms with Crippen LogP contribution in [0.5, 0.6) is 0 Å². The van der Waals surface area contributed by atoms with Crippen LogP contribution in [-0.2, 0) is 0 Å². The Bertz CT molecular complexity index is 368. The molecule has 1 rings (SSSR count). The summed E-state index contributed by atoms with van der Waals surface area (Å²) >= 11 is 2.12. The molecule has 0 saturated carbocycles. The van der Waals surface area contributed by atoms with Crippen molar-refractivity contribution in [3.05, 3.63) is 5.01 Å². The third-order valence-corrected chi connectivity index (χ3v) is 3.50. The maximum Gasteiger partial charge on any atom is 0.405 e. The highest BCUT2D eigenvalue weighted by molar-refractivity contribution is 8.01. The molecule has 0 bridgehead atoms. The lowest BCUT2D eigenvalue weighted by atomic mass is 10.2. The van der Waals surface area contributed by atoms with Crippen molar-refractivity contribution in [2.75, 3.05) is 5.75 Å². The quantitative estimate of drug-likeness (QED) is 0.777. The minimum atomic E-state index is -4.47. The maximum absolute atomic E-state index is 12.2. The Balaban J connectivity index is 2.53. The number of aromatic nitrogens is 2. The zero-order chi connectivity index (χ0) is 11.5. The first-order valence-electron chi connectivity index (χ1n) is 3.82.